The third kappa shape index (κ3) is 2.25. The van der Waals surface area contributed by atoms with Gasteiger partial charge in [0.2, 0.25) is 0 Å². The molecule has 3 fully saturated rings. The van der Waals surface area contributed by atoms with Crippen LogP contribution in [0.5, 0.6) is 0 Å². The molecule has 0 bridgehead atoms. The average molecular weight is 238 g/mol. The van der Waals surface area contributed by atoms with Crippen molar-refractivity contribution in [2.75, 3.05) is 32.8 Å². The standard InChI is InChI=1S/C14H26N2O/c1-2-16-9-7-14(8-10-16)15-11-13(12-17-14)5-3-4-6-13/h15H,2-12H2,1H3. The summed E-state index contributed by atoms with van der Waals surface area (Å²) in [7, 11) is 0. The highest BCUT2D eigenvalue weighted by Gasteiger charge is 2.45. The fourth-order valence-corrected chi connectivity index (χ4v) is 3.74. The highest BCUT2D eigenvalue weighted by molar-refractivity contribution is 4.96. The van der Waals surface area contributed by atoms with Crippen LogP contribution >= 0.6 is 0 Å². The molecule has 0 atom stereocenters. The maximum atomic E-state index is 6.30. The lowest BCUT2D eigenvalue weighted by Crippen LogP contribution is -2.62. The molecule has 1 aliphatic carbocycles. The third-order valence-corrected chi connectivity index (χ3v) is 5.22. The second-order valence-corrected chi connectivity index (χ2v) is 6.28. The number of rotatable bonds is 1. The van der Waals surface area contributed by atoms with E-state index in [4.69, 9.17) is 4.74 Å². The molecular formula is C14H26N2O. The topological polar surface area (TPSA) is 24.5 Å². The molecule has 0 unspecified atom stereocenters. The Balaban J connectivity index is 1.57. The van der Waals surface area contributed by atoms with E-state index in [-0.39, 0.29) is 5.72 Å². The minimum atomic E-state index is 0.0273. The summed E-state index contributed by atoms with van der Waals surface area (Å²) in [6.07, 6.45) is 7.88. The molecule has 0 radical (unpaired) electrons. The van der Waals surface area contributed by atoms with Crippen molar-refractivity contribution in [2.24, 2.45) is 5.41 Å². The van der Waals surface area contributed by atoms with E-state index in [2.05, 4.69) is 17.1 Å². The lowest BCUT2D eigenvalue weighted by atomic mass is 9.83. The Labute approximate surface area is 105 Å². The Kier molecular flexibility index (Phi) is 3.18. The Morgan fingerprint density at radius 1 is 1.12 bits per heavy atom. The largest absolute Gasteiger partial charge is 0.360 e. The first-order valence-corrected chi connectivity index (χ1v) is 7.37. The number of likely N-dealkylation sites (tertiary alicyclic amines) is 1. The van der Waals surface area contributed by atoms with Gasteiger partial charge in [-0.3, -0.25) is 5.32 Å². The molecule has 0 amide bonds. The minimum absolute atomic E-state index is 0.0273. The van der Waals surface area contributed by atoms with Crippen molar-refractivity contribution in [2.45, 2.75) is 51.2 Å². The van der Waals surface area contributed by atoms with Gasteiger partial charge in [0.05, 0.1) is 6.61 Å². The Morgan fingerprint density at radius 3 is 2.35 bits per heavy atom. The second kappa shape index (κ2) is 4.52. The smallest absolute Gasteiger partial charge is 0.121 e. The molecule has 2 aliphatic heterocycles. The number of hydrogen-bond acceptors (Lipinski definition) is 3. The fourth-order valence-electron chi connectivity index (χ4n) is 3.74. The molecule has 0 aromatic heterocycles. The van der Waals surface area contributed by atoms with Gasteiger partial charge in [0.15, 0.2) is 0 Å². The van der Waals surface area contributed by atoms with Crippen molar-refractivity contribution in [1.29, 1.82) is 0 Å². The van der Waals surface area contributed by atoms with Gasteiger partial charge in [0, 0.05) is 37.9 Å². The van der Waals surface area contributed by atoms with E-state index in [1.165, 1.54) is 51.9 Å². The van der Waals surface area contributed by atoms with Gasteiger partial charge in [-0.1, -0.05) is 19.8 Å². The molecule has 0 aromatic rings. The zero-order valence-electron chi connectivity index (χ0n) is 11.1. The molecule has 3 nitrogen and oxygen atoms in total. The molecule has 17 heavy (non-hydrogen) atoms. The normalized spacial score (nSPS) is 32.3. The van der Waals surface area contributed by atoms with Crippen LogP contribution in [-0.2, 0) is 4.74 Å². The lowest BCUT2D eigenvalue weighted by molar-refractivity contribution is -0.166. The van der Waals surface area contributed by atoms with Crippen LogP contribution in [0.1, 0.15) is 45.4 Å². The van der Waals surface area contributed by atoms with E-state index < -0.39 is 0 Å². The summed E-state index contributed by atoms with van der Waals surface area (Å²) in [4.78, 5) is 2.52. The minimum Gasteiger partial charge on any atom is -0.360 e. The summed E-state index contributed by atoms with van der Waals surface area (Å²) in [5.41, 5.74) is 0.520. The van der Waals surface area contributed by atoms with Crippen LogP contribution < -0.4 is 5.32 Å². The molecule has 2 saturated heterocycles. The van der Waals surface area contributed by atoms with Gasteiger partial charge < -0.3 is 9.64 Å². The maximum Gasteiger partial charge on any atom is 0.121 e. The second-order valence-electron chi connectivity index (χ2n) is 6.28. The van der Waals surface area contributed by atoms with Gasteiger partial charge in [0.25, 0.3) is 0 Å². The van der Waals surface area contributed by atoms with E-state index in [0.717, 1.165) is 19.4 Å². The van der Waals surface area contributed by atoms with Gasteiger partial charge in [-0.05, 0) is 19.4 Å². The Morgan fingerprint density at radius 2 is 1.82 bits per heavy atom. The van der Waals surface area contributed by atoms with Crippen molar-refractivity contribution in [1.82, 2.24) is 10.2 Å². The van der Waals surface area contributed by atoms with Crippen molar-refractivity contribution < 1.29 is 4.74 Å². The summed E-state index contributed by atoms with van der Waals surface area (Å²) in [5, 5.41) is 3.76. The molecule has 2 heterocycles. The van der Waals surface area contributed by atoms with Gasteiger partial charge in [-0.2, -0.15) is 0 Å². The lowest BCUT2D eigenvalue weighted by Gasteiger charge is -2.49. The molecule has 2 spiro atoms. The molecule has 98 valence electrons. The molecule has 3 heteroatoms. The molecule has 3 rings (SSSR count). The zero-order chi connectivity index (χ0) is 11.8. The third-order valence-electron chi connectivity index (χ3n) is 5.22. The van der Waals surface area contributed by atoms with Crippen LogP contribution in [0.2, 0.25) is 0 Å². The summed E-state index contributed by atoms with van der Waals surface area (Å²) in [5.74, 6) is 0. The van der Waals surface area contributed by atoms with E-state index >= 15 is 0 Å². The van der Waals surface area contributed by atoms with Crippen LogP contribution in [0.25, 0.3) is 0 Å². The summed E-state index contributed by atoms with van der Waals surface area (Å²) < 4.78 is 6.30. The first-order chi connectivity index (χ1) is 8.26. The first-order valence-electron chi connectivity index (χ1n) is 7.37. The maximum absolute atomic E-state index is 6.30. The van der Waals surface area contributed by atoms with Gasteiger partial charge in [0.1, 0.15) is 5.72 Å². The zero-order valence-corrected chi connectivity index (χ0v) is 11.1. The molecular weight excluding hydrogens is 212 g/mol. The highest BCUT2D eigenvalue weighted by atomic mass is 16.5. The first kappa shape index (κ1) is 11.9. The van der Waals surface area contributed by atoms with Crippen LogP contribution in [0, 0.1) is 5.41 Å². The molecule has 0 aromatic carbocycles. The number of piperidine rings is 1. The van der Waals surface area contributed by atoms with Crippen molar-refractivity contribution in [3.05, 3.63) is 0 Å². The van der Waals surface area contributed by atoms with Gasteiger partial charge in [-0.15, -0.1) is 0 Å². The van der Waals surface area contributed by atoms with E-state index in [9.17, 15) is 0 Å². The van der Waals surface area contributed by atoms with Gasteiger partial charge >= 0.3 is 0 Å². The van der Waals surface area contributed by atoms with Crippen LogP contribution in [0.4, 0.5) is 0 Å². The summed E-state index contributed by atoms with van der Waals surface area (Å²) in [6, 6.07) is 0. The van der Waals surface area contributed by atoms with Gasteiger partial charge in [-0.25, -0.2) is 0 Å². The Bertz CT molecular complexity index is 253. The number of nitrogens with one attached hydrogen (secondary N) is 1. The van der Waals surface area contributed by atoms with E-state index in [1.54, 1.807) is 0 Å². The fraction of sp³-hybridized carbons (Fsp3) is 1.00. The quantitative estimate of drug-likeness (QED) is 0.756. The summed E-state index contributed by atoms with van der Waals surface area (Å²) in [6.45, 7) is 8.01. The Hall–Kier alpha value is -0.120. The van der Waals surface area contributed by atoms with Crippen molar-refractivity contribution in [3.8, 4) is 0 Å². The SMILES string of the molecule is CCN1CCC2(CC1)NCC1(CCCC1)CO2. The molecule has 3 aliphatic rings. The van der Waals surface area contributed by atoms with E-state index in [0.29, 0.717) is 5.41 Å². The van der Waals surface area contributed by atoms with Crippen molar-refractivity contribution >= 4 is 0 Å². The molecule has 1 N–H and O–H groups in total. The monoisotopic (exact) mass is 238 g/mol. The van der Waals surface area contributed by atoms with Crippen LogP contribution in [0.3, 0.4) is 0 Å². The van der Waals surface area contributed by atoms with Crippen LogP contribution in [0.15, 0.2) is 0 Å². The van der Waals surface area contributed by atoms with Crippen LogP contribution in [-0.4, -0.2) is 43.4 Å². The predicted molar refractivity (Wildman–Crippen MR) is 68.9 cm³/mol. The van der Waals surface area contributed by atoms with E-state index in [1.807, 2.05) is 0 Å². The molecule has 1 saturated carbocycles. The number of hydrogen-bond donors (Lipinski definition) is 1. The number of nitrogens with zero attached hydrogens (tertiary/aromatic N) is 1. The highest BCUT2D eigenvalue weighted by Crippen LogP contribution is 2.42. The predicted octanol–water partition coefficient (Wildman–Crippen LogP) is 1.98. The average Bonchev–Trinajstić information content (AvgIpc) is 2.84. The van der Waals surface area contributed by atoms with Crippen molar-refractivity contribution in [3.63, 3.8) is 0 Å². The number of ether oxygens (including phenoxy) is 1. The summed E-state index contributed by atoms with van der Waals surface area (Å²) >= 11 is 0.